The number of halogens is 1. The van der Waals surface area contributed by atoms with Crippen LogP contribution in [0, 0.1) is 6.92 Å². The van der Waals surface area contributed by atoms with Gasteiger partial charge in [0.15, 0.2) is 5.82 Å². The van der Waals surface area contributed by atoms with Crippen molar-refractivity contribution in [2.24, 2.45) is 0 Å². The van der Waals surface area contributed by atoms with Gasteiger partial charge >= 0.3 is 0 Å². The number of aromatic nitrogens is 2. The maximum absolute atomic E-state index is 12.7. The average Bonchev–Trinajstić information content (AvgIpc) is 3.07. The van der Waals surface area contributed by atoms with Gasteiger partial charge in [-0.2, -0.15) is 0 Å². The number of nitrogens with zero attached hydrogens (tertiary/aromatic N) is 1. The van der Waals surface area contributed by atoms with Gasteiger partial charge in [0.2, 0.25) is 0 Å². The Morgan fingerprint density at radius 2 is 2.00 bits per heavy atom. The number of aryl methyl sites for hydroxylation is 1. The number of thiophene rings is 1. The van der Waals surface area contributed by atoms with Gasteiger partial charge in [0.25, 0.3) is 5.56 Å². The van der Waals surface area contributed by atoms with Crippen LogP contribution in [0.5, 0.6) is 5.75 Å². The lowest BCUT2D eigenvalue weighted by Crippen LogP contribution is -2.10. The van der Waals surface area contributed by atoms with E-state index >= 15 is 0 Å². The molecule has 4 rings (SSSR count). The number of rotatable bonds is 3. The molecule has 2 N–H and O–H groups in total. The fraction of sp³-hybridized carbons (Fsp3) is 0.0476. The second-order valence-corrected chi connectivity index (χ2v) is 7.46. The topological polar surface area (TPSA) is 66.0 Å². The molecule has 0 aliphatic carbocycles. The zero-order chi connectivity index (χ0) is 19.0. The number of phenols is 1. The Hall–Kier alpha value is -2.89. The number of hydrogen-bond donors (Lipinski definition) is 2. The second-order valence-electron chi connectivity index (χ2n) is 6.20. The quantitative estimate of drug-likeness (QED) is 0.488. The van der Waals surface area contributed by atoms with E-state index in [0.717, 1.165) is 16.7 Å². The van der Waals surface area contributed by atoms with Crippen LogP contribution in [0.25, 0.3) is 32.5 Å². The van der Waals surface area contributed by atoms with Crippen molar-refractivity contribution in [3.05, 3.63) is 81.2 Å². The lowest BCUT2D eigenvalue weighted by molar-refractivity contribution is 0.475. The number of phenolic OH excluding ortho intramolecular Hbond substituents is 1. The second kappa shape index (κ2) is 7.02. The summed E-state index contributed by atoms with van der Waals surface area (Å²) < 4.78 is 0. The minimum Gasteiger partial charge on any atom is -0.508 e. The third-order valence-corrected chi connectivity index (χ3v) is 5.36. The minimum absolute atomic E-state index is 0.145. The standard InChI is InChI=1S/C21H15ClN2O2S/c1-12-5-7-14(8-6-12)16-11-27-21-18(16)20(26)23-19(24-21)17(22)10-13-3-2-4-15(25)9-13/h2-11,25H,1H3,(H,23,24,26)/b17-10-. The van der Waals surface area contributed by atoms with E-state index in [1.54, 1.807) is 30.3 Å². The number of H-pyrrole nitrogens is 1. The Morgan fingerprint density at radius 3 is 2.74 bits per heavy atom. The first-order valence-corrected chi connectivity index (χ1v) is 9.52. The van der Waals surface area contributed by atoms with Crippen LogP contribution in [0.15, 0.2) is 58.7 Å². The molecule has 4 nitrogen and oxygen atoms in total. The summed E-state index contributed by atoms with van der Waals surface area (Å²) in [6.07, 6.45) is 1.65. The molecule has 0 saturated carbocycles. The summed E-state index contributed by atoms with van der Waals surface area (Å²) in [6.45, 7) is 2.02. The van der Waals surface area contributed by atoms with Crippen molar-refractivity contribution >= 4 is 44.3 Å². The van der Waals surface area contributed by atoms with Gasteiger partial charge in [0, 0.05) is 10.9 Å². The molecule has 0 fully saturated rings. The van der Waals surface area contributed by atoms with Gasteiger partial charge in [-0.05, 0) is 36.3 Å². The van der Waals surface area contributed by atoms with Crippen LogP contribution < -0.4 is 5.56 Å². The van der Waals surface area contributed by atoms with Crippen LogP contribution in [0.1, 0.15) is 17.0 Å². The fourth-order valence-electron chi connectivity index (χ4n) is 2.84. The molecule has 2 aromatic heterocycles. The van der Waals surface area contributed by atoms with Crippen molar-refractivity contribution in [2.75, 3.05) is 0 Å². The van der Waals surface area contributed by atoms with Gasteiger partial charge in [0.05, 0.1) is 10.4 Å². The smallest absolute Gasteiger partial charge is 0.260 e. The number of fused-ring (bicyclic) bond motifs is 1. The van der Waals surface area contributed by atoms with Gasteiger partial charge in [0.1, 0.15) is 10.6 Å². The predicted molar refractivity (Wildman–Crippen MR) is 112 cm³/mol. The number of hydrogen-bond acceptors (Lipinski definition) is 4. The van der Waals surface area contributed by atoms with E-state index in [2.05, 4.69) is 9.97 Å². The SMILES string of the molecule is Cc1ccc(-c2csc3nc(/C(Cl)=C/c4cccc(O)c4)[nH]c(=O)c23)cc1. The van der Waals surface area contributed by atoms with Gasteiger partial charge in [-0.3, -0.25) is 4.79 Å². The first kappa shape index (κ1) is 17.5. The van der Waals surface area contributed by atoms with Gasteiger partial charge < -0.3 is 10.1 Å². The Bertz CT molecular complexity index is 1220. The summed E-state index contributed by atoms with van der Waals surface area (Å²) in [5, 5.41) is 12.4. The van der Waals surface area contributed by atoms with Gasteiger partial charge in [-0.1, -0.05) is 53.6 Å². The van der Waals surface area contributed by atoms with E-state index in [4.69, 9.17) is 11.6 Å². The average molecular weight is 395 g/mol. The van der Waals surface area contributed by atoms with Crippen molar-refractivity contribution in [2.45, 2.75) is 6.92 Å². The Balaban J connectivity index is 1.79. The van der Waals surface area contributed by atoms with Crippen LogP contribution in [-0.4, -0.2) is 15.1 Å². The molecule has 0 bridgehead atoms. The number of aromatic amines is 1. The van der Waals surface area contributed by atoms with Gasteiger partial charge in [-0.25, -0.2) is 4.98 Å². The maximum Gasteiger partial charge on any atom is 0.260 e. The van der Waals surface area contributed by atoms with Crippen molar-refractivity contribution in [1.82, 2.24) is 9.97 Å². The molecule has 0 radical (unpaired) electrons. The summed E-state index contributed by atoms with van der Waals surface area (Å²) in [6, 6.07) is 14.7. The lowest BCUT2D eigenvalue weighted by atomic mass is 10.1. The summed E-state index contributed by atoms with van der Waals surface area (Å²) in [4.78, 5) is 20.6. The Labute approximate surface area is 164 Å². The van der Waals surface area contributed by atoms with E-state index in [9.17, 15) is 9.90 Å². The number of aromatic hydroxyl groups is 1. The first-order valence-electron chi connectivity index (χ1n) is 8.26. The predicted octanol–water partition coefficient (Wildman–Crippen LogP) is 5.40. The molecule has 0 aliphatic heterocycles. The zero-order valence-corrected chi connectivity index (χ0v) is 15.9. The Morgan fingerprint density at radius 1 is 1.22 bits per heavy atom. The molecule has 2 aromatic carbocycles. The molecule has 0 atom stereocenters. The molecule has 0 aliphatic rings. The summed E-state index contributed by atoms with van der Waals surface area (Å²) in [5.41, 5.74) is 3.50. The highest BCUT2D eigenvalue weighted by atomic mass is 35.5. The molecular weight excluding hydrogens is 380 g/mol. The van der Waals surface area contributed by atoms with E-state index in [1.807, 2.05) is 36.6 Å². The fourth-order valence-corrected chi connectivity index (χ4v) is 4.00. The molecule has 6 heteroatoms. The number of benzene rings is 2. The van der Waals surface area contributed by atoms with E-state index < -0.39 is 0 Å². The van der Waals surface area contributed by atoms with Gasteiger partial charge in [-0.15, -0.1) is 11.3 Å². The van der Waals surface area contributed by atoms with Crippen LogP contribution >= 0.6 is 22.9 Å². The summed E-state index contributed by atoms with van der Waals surface area (Å²) in [7, 11) is 0. The molecule has 2 heterocycles. The van der Waals surface area contributed by atoms with Crippen LogP contribution in [0.2, 0.25) is 0 Å². The largest absolute Gasteiger partial charge is 0.508 e. The highest BCUT2D eigenvalue weighted by Gasteiger charge is 2.14. The molecular formula is C21H15ClN2O2S. The maximum atomic E-state index is 12.7. The summed E-state index contributed by atoms with van der Waals surface area (Å²) in [5.74, 6) is 0.445. The third-order valence-electron chi connectivity index (χ3n) is 4.20. The number of nitrogens with one attached hydrogen (secondary N) is 1. The molecule has 134 valence electrons. The highest BCUT2D eigenvalue weighted by molar-refractivity contribution is 7.17. The van der Waals surface area contributed by atoms with Crippen LogP contribution in [0.4, 0.5) is 0 Å². The molecule has 0 unspecified atom stereocenters. The molecule has 0 spiro atoms. The lowest BCUT2D eigenvalue weighted by Gasteiger charge is -2.03. The van der Waals surface area contributed by atoms with E-state index in [0.29, 0.717) is 26.6 Å². The first-order chi connectivity index (χ1) is 13.0. The Kier molecular flexibility index (Phi) is 4.56. The molecule has 4 aromatic rings. The van der Waals surface area contributed by atoms with Crippen LogP contribution in [0.3, 0.4) is 0 Å². The highest BCUT2D eigenvalue weighted by Crippen LogP contribution is 2.32. The minimum atomic E-state index is -0.228. The van der Waals surface area contributed by atoms with Crippen molar-refractivity contribution in [3.8, 4) is 16.9 Å². The van der Waals surface area contributed by atoms with Crippen molar-refractivity contribution in [1.29, 1.82) is 0 Å². The van der Waals surface area contributed by atoms with Crippen molar-refractivity contribution < 1.29 is 5.11 Å². The van der Waals surface area contributed by atoms with Crippen molar-refractivity contribution in [3.63, 3.8) is 0 Å². The normalized spacial score (nSPS) is 11.9. The van der Waals surface area contributed by atoms with E-state index in [1.165, 1.54) is 11.3 Å². The zero-order valence-electron chi connectivity index (χ0n) is 14.4. The van der Waals surface area contributed by atoms with Crippen LogP contribution in [-0.2, 0) is 0 Å². The molecule has 0 saturated heterocycles. The van der Waals surface area contributed by atoms with E-state index in [-0.39, 0.29) is 11.3 Å². The summed E-state index contributed by atoms with van der Waals surface area (Å²) >= 11 is 7.77. The molecule has 0 amide bonds. The third kappa shape index (κ3) is 3.52. The molecule has 27 heavy (non-hydrogen) atoms. The monoisotopic (exact) mass is 394 g/mol.